The predicted molar refractivity (Wildman–Crippen MR) is 91.5 cm³/mol. The van der Waals surface area contributed by atoms with Crippen LogP contribution in [0.4, 0.5) is 5.69 Å². The van der Waals surface area contributed by atoms with Crippen LogP contribution in [0.1, 0.15) is 21.5 Å². The Labute approximate surface area is 150 Å². The molecule has 0 aromatic heterocycles. The van der Waals surface area contributed by atoms with Crippen LogP contribution in [0.5, 0.6) is 0 Å². The number of non-ortho nitro benzene ring substituents is 1. The first kappa shape index (κ1) is 19.3. The summed E-state index contributed by atoms with van der Waals surface area (Å²) in [6.07, 6.45) is 4.74. The topological polar surface area (TPSA) is 60.2 Å². The largest absolute Gasteiger partial charge is 0.721 e. The molecule has 0 heterocycles. The molecule has 0 atom stereocenters. The van der Waals surface area contributed by atoms with Crippen LogP contribution in [-0.4, -0.2) is 11.2 Å². The molecule has 0 fully saturated rings. The van der Waals surface area contributed by atoms with E-state index in [0.29, 0.717) is 0 Å². The summed E-state index contributed by atoms with van der Waals surface area (Å²) in [4.78, 5) is 19.9. The molecule has 3 aromatic carbocycles. The second-order valence-electron chi connectivity index (χ2n) is 4.74. The fourth-order valence-electron chi connectivity index (χ4n) is 1.87. The van der Waals surface area contributed by atoms with Crippen LogP contribution in [-0.2, 0) is 17.1 Å². The van der Waals surface area contributed by atoms with E-state index in [1.165, 1.54) is 12.1 Å². The first-order valence-electron chi connectivity index (χ1n) is 7.00. The summed E-state index contributed by atoms with van der Waals surface area (Å²) in [5.41, 5.74) is 2.94. The average molecular weight is 361 g/mol. The van der Waals surface area contributed by atoms with E-state index < -0.39 is 4.92 Å². The normalized spacial score (nSPS) is 9.67. The van der Waals surface area contributed by atoms with Crippen LogP contribution in [0.2, 0.25) is 0 Å². The van der Waals surface area contributed by atoms with Crippen molar-refractivity contribution in [2.45, 2.75) is 0 Å². The quantitative estimate of drug-likeness (QED) is 0.223. The molecular weight excluding hydrogens is 346 g/mol. The summed E-state index contributed by atoms with van der Waals surface area (Å²) in [5.74, 6) is 0. The van der Waals surface area contributed by atoms with Gasteiger partial charge in [0.05, 0.1) is 4.92 Å². The van der Waals surface area contributed by atoms with Gasteiger partial charge in [0, 0.05) is 29.2 Å². The smallest absolute Gasteiger partial charge is 0.269 e. The van der Waals surface area contributed by atoms with Gasteiger partial charge < -0.3 is 34.6 Å². The van der Waals surface area contributed by atoms with E-state index in [4.69, 9.17) is 0 Å². The Balaban J connectivity index is 0.000000304. The van der Waals surface area contributed by atoms with Gasteiger partial charge in [0.25, 0.3) is 5.69 Å². The Morgan fingerprint density at radius 1 is 1.04 bits per heavy atom. The van der Waals surface area contributed by atoms with Gasteiger partial charge in [-0.2, -0.15) is 12.1 Å². The molecule has 0 amide bonds. The minimum atomic E-state index is -0.398. The Kier molecular flexibility index (Phi) is 8.12. The third-order valence-electron chi connectivity index (χ3n) is 3.09. The average Bonchev–Trinajstić information content (AvgIpc) is 3.27. The van der Waals surface area contributed by atoms with Crippen molar-refractivity contribution >= 4 is 24.1 Å². The van der Waals surface area contributed by atoms with Gasteiger partial charge in [-0.3, -0.25) is 16.4 Å². The number of hydrogen-bond acceptors (Lipinski definition) is 3. The Morgan fingerprint density at radius 3 is 2.08 bits per heavy atom. The monoisotopic (exact) mass is 361 g/mol. The number of aldehydes is 1. The summed E-state index contributed by atoms with van der Waals surface area (Å²) in [7, 11) is 0. The molecule has 5 heteroatoms. The third kappa shape index (κ3) is 6.16. The van der Waals surface area contributed by atoms with Crippen molar-refractivity contribution in [2.24, 2.45) is 0 Å². The molecule has 0 radical (unpaired) electrons. The summed E-state index contributed by atoms with van der Waals surface area (Å²) in [5, 5.41) is 10.4. The molecule has 0 aliphatic carbocycles. The van der Waals surface area contributed by atoms with Crippen molar-refractivity contribution in [3.63, 3.8) is 0 Å². The molecule has 0 saturated heterocycles. The number of hydrogen-bond donors (Lipinski definition) is 0. The molecule has 0 saturated carbocycles. The van der Waals surface area contributed by atoms with Crippen molar-refractivity contribution in [1.82, 2.24) is 0 Å². The van der Waals surface area contributed by atoms with Crippen molar-refractivity contribution in [3.05, 3.63) is 99.6 Å². The summed E-state index contributed by atoms with van der Waals surface area (Å²) < 4.78 is 0. The van der Waals surface area contributed by atoms with Crippen LogP contribution < -0.4 is 0 Å². The molecular formula is C19H15FeNO3-6. The number of nitrogens with zero attached hydrogens (tertiary/aromatic N) is 1. The molecule has 4 nitrogen and oxygen atoms in total. The van der Waals surface area contributed by atoms with Crippen LogP contribution in [0.3, 0.4) is 0 Å². The molecule has 3 aromatic rings. The Bertz CT molecular complexity index is 758. The molecule has 0 spiro atoms. The molecule has 128 valence electrons. The van der Waals surface area contributed by atoms with E-state index in [1.807, 2.05) is 48.6 Å². The molecule has 0 aliphatic heterocycles. The van der Waals surface area contributed by atoms with E-state index in [0.717, 1.165) is 23.0 Å². The summed E-state index contributed by atoms with van der Waals surface area (Å²) >= 11 is 0. The zero-order chi connectivity index (χ0) is 16.5. The number of benzene rings is 1. The van der Waals surface area contributed by atoms with E-state index in [1.54, 1.807) is 24.3 Å². The number of rotatable bonds is 4. The van der Waals surface area contributed by atoms with E-state index >= 15 is 0 Å². The molecule has 24 heavy (non-hydrogen) atoms. The van der Waals surface area contributed by atoms with E-state index in [9.17, 15) is 14.9 Å². The predicted octanol–water partition coefficient (Wildman–Crippen LogP) is 4.70. The SMILES string of the molecule is O=C[c-]1[cH-][cH-][cH-][cH-]1.O=[N+]([O-])c1ccc(C=C[c-]2cccc2)cc1.[Fe]. The van der Waals surface area contributed by atoms with Crippen LogP contribution in [0.25, 0.3) is 12.2 Å². The maximum absolute atomic E-state index is 10.4. The van der Waals surface area contributed by atoms with Gasteiger partial charge in [0.15, 0.2) is 0 Å². The van der Waals surface area contributed by atoms with Gasteiger partial charge in [0.2, 0.25) is 0 Å². The third-order valence-corrected chi connectivity index (χ3v) is 3.09. The van der Waals surface area contributed by atoms with Gasteiger partial charge in [-0.1, -0.05) is 17.7 Å². The van der Waals surface area contributed by atoms with Gasteiger partial charge in [-0.05, 0) is 0 Å². The first-order valence-corrected chi connectivity index (χ1v) is 7.00. The minimum Gasteiger partial charge on any atom is -0.721 e. The number of carbonyl (C=O) groups excluding carboxylic acids is 1. The van der Waals surface area contributed by atoms with Crippen LogP contribution in [0.15, 0.2) is 72.8 Å². The molecule has 0 unspecified atom stereocenters. The van der Waals surface area contributed by atoms with E-state index in [-0.39, 0.29) is 22.8 Å². The summed E-state index contributed by atoms with van der Waals surface area (Å²) in [6, 6.07) is 21.6. The van der Waals surface area contributed by atoms with Gasteiger partial charge in [0.1, 0.15) is 0 Å². The van der Waals surface area contributed by atoms with Crippen LogP contribution >= 0.6 is 0 Å². The zero-order valence-electron chi connectivity index (χ0n) is 12.7. The number of carbonyl (C=O) groups is 1. The van der Waals surface area contributed by atoms with Crippen LogP contribution in [0, 0.1) is 10.1 Å². The summed E-state index contributed by atoms with van der Waals surface area (Å²) in [6.45, 7) is 0. The molecule has 0 bridgehead atoms. The minimum absolute atomic E-state index is 0. The molecule has 3 rings (SSSR count). The number of nitro benzene ring substituents is 1. The fourth-order valence-corrected chi connectivity index (χ4v) is 1.87. The van der Waals surface area contributed by atoms with Crippen molar-refractivity contribution in [2.75, 3.05) is 0 Å². The van der Waals surface area contributed by atoms with Crippen molar-refractivity contribution in [3.8, 4) is 0 Å². The van der Waals surface area contributed by atoms with Crippen molar-refractivity contribution in [1.29, 1.82) is 0 Å². The first-order chi connectivity index (χ1) is 11.2. The Morgan fingerprint density at radius 2 is 1.62 bits per heavy atom. The van der Waals surface area contributed by atoms with Gasteiger partial charge in [-0.15, -0.1) is 29.8 Å². The molecule has 0 N–H and O–H groups in total. The number of nitro groups is 1. The fraction of sp³-hybridized carbons (Fsp3) is 0. The maximum atomic E-state index is 10.4. The zero-order valence-corrected chi connectivity index (χ0v) is 13.8. The van der Waals surface area contributed by atoms with Gasteiger partial charge in [-0.25, -0.2) is 0 Å². The maximum Gasteiger partial charge on any atom is 0.269 e. The van der Waals surface area contributed by atoms with Gasteiger partial charge >= 0.3 is 0 Å². The van der Waals surface area contributed by atoms with E-state index in [2.05, 4.69) is 0 Å². The standard InChI is InChI=1S/C13H10NO2.C6H5O.Fe/c15-14(16)13-9-7-12(8-10-13)6-5-11-3-1-2-4-11;7-5-6-3-1-2-4-6;/h1-10H;1-5H;/q-1;-5;. The molecule has 0 aliphatic rings. The van der Waals surface area contributed by atoms with Crippen molar-refractivity contribution < 1.29 is 26.8 Å². The second-order valence-corrected chi connectivity index (χ2v) is 4.74. The Hall–Kier alpha value is -2.75. The second kappa shape index (κ2) is 10.1.